The summed E-state index contributed by atoms with van der Waals surface area (Å²) >= 11 is 0. The van der Waals surface area contributed by atoms with Gasteiger partial charge >= 0.3 is 5.97 Å². The van der Waals surface area contributed by atoms with Gasteiger partial charge in [0.2, 0.25) is 0 Å². The van der Waals surface area contributed by atoms with Crippen molar-refractivity contribution in [2.24, 2.45) is 0 Å². The van der Waals surface area contributed by atoms with E-state index in [2.05, 4.69) is 20.8 Å². The smallest absolute Gasteiger partial charge is 0.338 e. The maximum absolute atomic E-state index is 11.9. The Kier molecular flexibility index (Phi) is 4.91. The maximum atomic E-state index is 11.9. The minimum Gasteiger partial charge on any atom is -0.462 e. The first-order valence-corrected chi connectivity index (χ1v) is 6.25. The van der Waals surface area contributed by atoms with E-state index in [1.165, 1.54) is 0 Å². The van der Waals surface area contributed by atoms with Crippen LogP contribution in [-0.2, 0) is 10.2 Å². The summed E-state index contributed by atoms with van der Waals surface area (Å²) in [5.41, 5.74) is 2.65. The standard InChI is InChI=1S/C15H22O3/c1-11-6-7-12(15(2,3)4)10-13(11)14(17)18-9-5-8-16/h6-7,10,16H,5,8-9H2,1-4H3. The molecule has 18 heavy (non-hydrogen) atoms. The van der Waals surface area contributed by atoms with E-state index in [-0.39, 0.29) is 24.6 Å². The number of esters is 1. The molecule has 0 fully saturated rings. The first-order valence-electron chi connectivity index (χ1n) is 6.25. The number of benzene rings is 1. The molecular weight excluding hydrogens is 228 g/mol. The number of aliphatic hydroxyl groups is 1. The second-order valence-corrected chi connectivity index (χ2v) is 5.49. The van der Waals surface area contributed by atoms with Crippen molar-refractivity contribution >= 4 is 5.97 Å². The van der Waals surface area contributed by atoms with E-state index >= 15 is 0 Å². The Morgan fingerprint density at radius 1 is 1.33 bits per heavy atom. The molecular formula is C15H22O3. The zero-order chi connectivity index (χ0) is 13.8. The largest absolute Gasteiger partial charge is 0.462 e. The summed E-state index contributed by atoms with van der Waals surface area (Å²) in [6, 6.07) is 5.89. The van der Waals surface area contributed by atoms with E-state index < -0.39 is 0 Å². The Balaban J connectivity index is 2.90. The summed E-state index contributed by atoms with van der Waals surface area (Å²) in [6.45, 7) is 8.52. The lowest BCUT2D eigenvalue weighted by atomic mass is 9.85. The molecule has 0 saturated heterocycles. The third-order valence-corrected chi connectivity index (χ3v) is 2.86. The van der Waals surface area contributed by atoms with Crippen LogP contribution in [0.2, 0.25) is 0 Å². The van der Waals surface area contributed by atoms with Crippen molar-refractivity contribution in [2.45, 2.75) is 39.5 Å². The van der Waals surface area contributed by atoms with Crippen LogP contribution >= 0.6 is 0 Å². The van der Waals surface area contributed by atoms with Crippen molar-refractivity contribution in [3.05, 3.63) is 34.9 Å². The van der Waals surface area contributed by atoms with Crippen molar-refractivity contribution in [1.82, 2.24) is 0 Å². The van der Waals surface area contributed by atoms with Gasteiger partial charge in [0, 0.05) is 13.0 Å². The van der Waals surface area contributed by atoms with Crippen LogP contribution in [0.25, 0.3) is 0 Å². The minimum absolute atomic E-state index is 0.00777. The first kappa shape index (κ1) is 14.7. The highest BCUT2D eigenvalue weighted by Crippen LogP contribution is 2.24. The molecule has 0 spiro atoms. The maximum Gasteiger partial charge on any atom is 0.338 e. The van der Waals surface area contributed by atoms with Crippen LogP contribution in [0, 0.1) is 6.92 Å². The van der Waals surface area contributed by atoms with Gasteiger partial charge in [0.05, 0.1) is 12.2 Å². The van der Waals surface area contributed by atoms with Crippen molar-refractivity contribution in [3.63, 3.8) is 0 Å². The number of hydrogen-bond donors (Lipinski definition) is 1. The molecule has 0 heterocycles. The van der Waals surface area contributed by atoms with Crippen LogP contribution < -0.4 is 0 Å². The monoisotopic (exact) mass is 250 g/mol. The van der Waals surface area contributed by atoms with Crippen LogP contribution in [0.5, 0.6) is 0 Å². The Hall–Kier alpha value is -1.35. The van der Waals surface area contributed by atoms with Gasteiger partial charge in [-0.05, 0) is 29.5 Å². The van der Waals surface area contributed by atoms with Gasteiger partial charge in [-0.15, -0.1) is 0 Å². The van der Waals surface area contributed by atoms with E-state index in [9.17, 15) is 4.79 Å². The number of hydrogen-bond acceptors (Lipinski definition) is 3. The molecule has 1 rings (SSSR count). The molecule has 0 aliphatic rings. The third-order valence-electron chi connectivity index (χ3n) is 2.86. The summed E-state index contributed by atoms with van der Waals surface area (Å²) in [7, 11) is 0. The average molecular weight is 250 g/mol. The highest BCUT2D eigenvalue weighted by atomic mass is 16.5. The quantitative estimate of drug-likeness (QED) is 0.660. The van der Waals surface area contributed by atoms with Crippen LogP contribution in [0.15, 0.2) is 18.2 Å². The van der Waals surface area contributed by atoms with Crippen LogP contribution in [0.3, 0.4) is 0 Å². The Labute approximate surface area is 109 Å². The van der Waals surface area contributed by atoms with E-state index in [0.29, 0.717) is 12.0 Å². The van der Waals surface area contributed by atoms with Gasteiger partial charge in [-0.25, -0.2) is 4.79 Å². The predicted molar refractivity (Wildman–Crippen MR) is 71.9 cm³/mol. The van der Waals surface area contributed by atoms with Gasteiger partial charge in [-0.2, -0.15) is 0 Å². The van der Waals surface area contributed by atoms with Crippen molar-refractivity contribution in [1.29, 1.82) is 0 Å². The number of carbonyl (C=O) groups is 1. The molecule has 1 N–H and O–H groups in total. The average Bonchev–Trinajstić information content (AvgIpc) is 2.28. The molecule has 3 heteroatoms. The van der Waals surface area contributed by atoms with Gasteiger partial charge in [0.1, 0.15) is 0 Å². The molecule has 1 aromatic rings. The second kappa shape index (κ2) is 6.01. The molecule has 0 unspecified atom stereocenters. The van der Waals surface area contributed by atoms with Gasteiger partial charge in [-0.1, -0.05) is 32.9 Å². The van der Waals surface area contributed by atoms with Crippen molar-refractivity contribution in [2.75, 3.05) is 13.2 Å². The number of rotatable bonds is 4. The number of ether oxygens (including phenoxy) is 1. The number of aliphatic hydroxyl groups excluding tert-OH is 1. The Morgan fingerprint density at radius 2 is 2.00 bits per heavy atom. The fourth-order valence-electron chi connectivity index (χ4n) is 1.62. The van der Waals surface area contributed by atoms with Gasteiger partial charge in [-0.3, -0.25) is 0 Å². The molecule has 0 atom stereocenters. The first-order chi connectivity index (χ1) is 8.36. The van der Waals surface area contributed by atoms with E-state index in [4.69, 9.17) is 9.84 Å². The molecule has 3 nitrogen and oxygen atoms in total. The summed E-state index contributed by atoms with van der Waals surface area (Å²) in [5, 5.41) is 8.66. The normalized spacial score (nSPS) is 11.4. The summed E-state index contributed by atoms with van der Waals surface area (Å²) in [4.78, 5) is 11.9. The molecule has 0 aromatic heterocycles. The molecule has 0 bridgehead atoms. The summed E-state index contributed by atoms with van der Waals surface area (Å²) in [5.74, 6) is -0.313. The van der Waals surface area contributed by atoms with E-state index in [0.717, 1.165) is 11.1 Å². The van der Waals surface area contributed by atoms with Gasteiger partial charge in [0.25, 0.3) is 0 Å². The van der Waals surface area contributed by atoms with Crippen molar-refractivity contribution < 1.29 is 14.6 Å². The van der Waals surface area contributed by atoms with Crippen LogP contribution in [0.4, 0.5) is 0 Å². The molecule has 0 aliphatic carbocycles. The zero-order valence-electron chi connectivity index (χ0n) is 11.6. The Morgan fingerprint density at radius 3 is 2.56 bits per heavy atom. The van der Waals surface area contributed by atoms with Crippen LogP contribution in [0.1, 0.15) is 48.7 Å². The van der Waals surface area contributed by atoms with E-state index in [1.807, 2.05) is 25.1 Å². The fourth-order valence-corrected chi connectivity index (χ4v) is 1.62. The van der Waals surface area contributed by atoms with Crippen molar-refractivity contribution in [3.8, 4) is 0 Å². The lowest BCUT2D eigenvalue weighted by Gasteiger charge is -2.20. The highest BCUT2D eigenvalue weighted by Gasteiger charge is 2.18. The number of aryl methyl sites for hydroxylation is 1. The molecule has 0 radical (unpaired) electrons. The molecule has 100 valence electrons. The second-order valence-electron chi connectivity index (χ2n) is 5.49. The fraction of sp³-hybridized carbons (Fsp3) is 0.533. The third kappa shape index (κ3) is 3.84. The summed E-state index contributed by atoms with van der Waals surface area (Å²) in [6.07, 6.45) is 0.476. The Bertz CT molecular complexity index is 416. The van der Waals surface area contributed by atoms with E-state index in [1.54, 1.807) is 0 Å². The topological polar surface area (TPSA) is 46.5 Å². The van der Waals surface area contributed by atoms with Gasteiger partial charge < -0.3 is 9.84 Å². The lowest BCUT2D eigenvalue weighted by Crippen LogP contribution is -2.14. The van der Waals surface area contributed by atoms with Gasteiger partial charge in [0.15, 0.2) is 0 Å². The number of carbonyl (C=O) groups excluding carboxylic acids is 1. The highest BCUT2D eigenvalue weighted by molar-refractivity contribution is 5.91. The summed E-state index contributed by atoms with van der Waals surface area (Å²) < 4.78 is 5.12. The molecule has 1 aromatic carbocycles. The zero-order valence-corrected chi connectivity index (χ0v) is 11.6. The molecule has 0 aliphatic heterocycles. The molecule has 0 saturated carbocycles. The van der Waals surface area contributed by atoms with Crippen LogP contribution in [-0.4, -0.2) is 24.3 Å². The SMILES string of the molecule is Cc1ccc(C(C)(C)C)cc1C(=O)OCCCO. The minimum atomic E-state index is -0.313. The molecule has 0 amide bonds. The lowest BCUT2D eigenvalue weighted by molar-refractivity contribution is 0.0481. The predicted octanol–water partition coefficient (Wildman–Crippen LogP) is 2.83.